The normalized spacial score (nSPS) is 12.1. The molecule has 0 unspecified atom stereocenters. The summed E-state index contributed by atoms with van der Waals surface area (Å²) in [5.74, 6) is 0.657. The largest absolute Gasteiger partial charge is 0.422 e. The van der Waals surface area contributed by atoms with E-state index in [4.69, 9.17) is 4.52 Å². The highest BCUT2D eigenvalue weighted by Gasteiger charge is 2.37. The van der Waals surface area contributed by atoms with Crippen molar-refractivity contribution < 1.29 is 9.09 Å². The molecule has 0 saturated carbocycles. The van der Waals surface area contributed by atoms with E-state index in [1.165, 1.54) is 0 Å². The van der Waals surface area contributed by atoms with E-state index in [2.05, 4.69) is 0 Å². The van der Waals surface area contributed by atoms with Gasteiger partial charge in [0.1, 0.15) is 5.75 Å². The number of nitrogens with zero attached hydrogens (tertiary/aromatic N) is 2. The minimum absolute atomic E-state index is 0.657. The Morgan fingerprint density at radius 1 is 0.895 bits per heavy atom. The van der Waals surface area contributed by atoms with Crippen LogP contribution in [0.25, 0.3) is 0 Å². The molecule has 0 heterocycles. The Hall–Kier alpha value is -0.830. The predicted octanol–water partition coefficient (Wildman–Crippen LogP) is 3.86. The third-order valence-corrected chi connectivity index (χ3v) is 6.15. The summed E-state index contributed by atoms with van der Waals surface area (Å²) in [7, 11) is -2.99. The molecule has 19 heavy (non-hydrogen) atoms. The van der Waals surface area contributed by atoms with Crippen LogP contribution in [0.4, 0.5) is 0 Å². The van der Waals surface area contributed by atoms with E-state index in [9.17, 15) is 4.57 Å². The number of benzene rings is 1. The van der Waals surface area contributed by atoms with E-state index < -0.39 is 7.67 Å². The molecule has 0 saturated heterocycles. The third kappa shape index (κ3) is 3.82. The molecule has 4 nitrogen and oxygen atoms in total. The summed E-state index contributed by atoms with van der Waals surface area (Å²) in [4.78, 5) is 0. The van der Waals surface area contributed by atoms with Crippen LogP contribution in [-0.4, -0.2) is 35.5 Å². The molecule has 0 amide bonds. The van der Waals surface area contributed by atoms with E-state index in [-0.39, 0.29) is 0 Å². The van der Waals surface area contributed by atoms with Crippen molar-refractivity contribution in [1.29, 1.82) is 0 Å². The fraction of sp³-hybridized carbons (Fsp3) is 0.571. The van der Waals surface area contributed by atoms with Crippen molar-refractivity contribution in [3.63, 3.8) is 0 Å². The molecule has 1 aromatic carbocycles. The van der Waals surface area contributed by atoms with Gasteiger partial charge >= 0.3 is 7.67 Å². The zero-order valence-electron chi connectivity index (χ0n) is 12.4. The van der Waals surface area contributed by atoms with Crippen LogP contribution in [0.3, 0.4) is 0 Å². The van der Waals surface area contributed by atoms with E-state index in [0.717, 1.165) is 0 Å². The second kappa shape index (κ2) is 7.68. The number of rotatable bonds is 8. The lowest BCUT2D eigenvalue weighted by Gasteiger charge is -2.36. The molecular weight excluding hydrogens is 259 g/mol. The maximum Gasteiger partial charge on any atom is 0.395 e. The Bertz CT molecular complexity index is 387. The highest BCUT2D eigenvalue weighted by atomic mass is 31.2. The SMILES string of the molecule is CCN(CC)P(=O)(Oc1ccccc1)N(CC)CC. The third-order valence-electron chi connectivity index (χ3n) is 3.14. The average Bonchev–Trinajstić information content (AvgIpc) is 2.42. The van der Waals surface area contributed by atoms with Crippen molar-refractivity contribution in [1.82, 2.24) is 9.34 Å². The number of para-hydroxylation sites is 1. The predicted molar refractivity (Wildman–Crippen MR) is 80.5 cm³/mol. The molecule has 5 heteroatoms. The molecule has 0 fully saturated rings. The molecule has 0 aliphatic rings. The highest BCUT2D eigenvalue weighted by Crippen LogP contribution is 2.53. The summed E-state index contributed by atoms with van der Waals surface area (Å²) in [5, 5.41) is 0. The lowest BCUT2D eigenvalue weighted by Crippen LogP contribution is -2.34. The molecule has 0 aromatic heterocycles. The van der Waals surface area contributed by atoms with Gasteiger partial charge in [-0.1, -0.05) is 45.9 Å². The first-order chi connectivity index (χ1) is 9.12. The van der Waals surface area contributed by atoms with Crippen molar-refractivity contribution in [2.24, 2.45) is 0 Å². The average molecular weight is 284 g/mol. The van der Waals surface area contributed by atoms with Crippen LogP contribution in [0.2, 0.25) is 0 Å². The zero-order chi connectivity index (χ0) is 14.3. The standard InChI is InChI=1S/C14H25N2O2P/c1-5-15(6-2)19(17,16(7-3)8-4)18-14-12-10-9-11-13-14/h9-13H,5-8H2,1-4H3. The monoisotopic (exact) mass is 284 g/mol. The Labute approximate surface area is 116 Å². The van der Waals surface area contributed by atoms with Crippen molar-refractivity contribution >= 4 is 7.67 Å². The first kappa shape index (κ1) is 16.2. The Morgan fingerprint density at radius 3 is 1.68 bits per heavy atom. The fourth-order valence-electron chi connectivity index (χ4n) is 2.08. The quantitative estimate of drug-likeness (QED) is 0.679. The number of hydrogen-bond donors (Lipinski definition) is 0. The lowest BCUT2D eigenvalue weighted by atomic mass is 10.3. The molecule has 108 valence electrons. The molecule has 1 rings (SSSR count). The van der Waals surface area contributed by atoms with Crippen LogP contribution in [0, 0.1) is 0 Å². The van der Waals surface area contributed by atoms with Crippen LogP contribution in [0.5, 0.6) is 5.75 Å². The summed E-state index contributed by atoms with van der Waals surface area (Å²) >= 11 is 0. The maximum atomic E-state index is 13.3. The van der Waals surface area contributed by atoms with Crippen LogP contribution in [0.15, 0.2) is 30.3 Å². The smallest absolute Gasteiger partial charge is 0.395 e. The number of hydrogen-bond acceptors (Lipinski definition) is 2. The van der Waals surface area contributed by atoms with Crippen LogP contribution >= 0.6 is 7.67 Å². The molecule has 0 atom stereocenters. The van der Waals surface area contributed by atoms with E-state index in [0.29, 0.717) is 31.9 Å². The van der Waals surface area contributed by atoms with Crippen molar-refractivity contribution in [2.75, 3.05) is 26.2 Å². The van der Waals surface area contributed by atoms with Gasteiger partial charge in [0.25, 0.3) is 0 Å². The molecule has 0 aliphatic carbocycles. The van der Waals surface area contributed by atoms with Crippen LogP contribution in [-0.2, 0) is 4.57 Å². The Balaban J connectivity index is 3.08. The summed E-state index contributed by atoms with van der Waals surface area (Å²) in [6, 6.07) is 9.40. The van der Waals surface area contributed by atoms with Gasteiger partial charge in [-0.3, -0.25) is 0 Å². The van der Waals surface area contributed by atoms with Gasteiger partial charge in [-0.2, -0.15) is 0 Å². The van der Waals surface area contributed by atoms with Crippen LogP contribution in [0.1, 0.15) is 27.7 Å². The van der Waals surface area contributed by atoms with Gasteiger partial charge in [0.15, 0.2) is 0 Å². The van der Waals surface area contributed by atoms with Crippen molar-refractivity contribution in [3.05, 3.63) is 30.3 Å². The molecule has 1 aromatic rings. The Kier molecular flexibility index (Phi) is 6.56. The second-order valence-electron chi connectivity index (χ2n) is 4.17. The van der Waals surface area contributed by atoms with E-state index in [1.54, 1.807) is 0 Å². The highest BCUT2D eigenvalue weighted by molar-refractivity contribution is 7.54. The van der Waals surface area contributed by atoms with Gasteiger partial charge in [0.2, 0.25) is 0 Å². The summed E-state index contributed by atoms with van der Waals surface area (Å²) in [6.45, 7) is 10.9. The molecule has 0 N–H and O–H groups in total. The zero-order valence-corrected chi connectivity index (χ0v) is 13.3. The Morgan fingerprint density at radius 2 is 1.32 bits per heavy atom. The molecular formula is C14H25N2O2P. The second-order valence-corrected chi connectivity index (χ2v) is 6.47. The topological polar surface area (TPSA) is 32.8 Å². The van der Waals surface area contributed by atoms with Crippen molar-refractivity contribution in [3.8, 4) is 5.75 Å². The molecule has 0 bridgehead atoms. The summed E-state index contributed by atoms with van der Waals surface area (Å²) < 4.78 is 23.1. The fourth-order valence-corrected chi connectivity index (χ4v) is 4.49. The first-order valence-corrected chi connectivity index (χ1v) is 8.50. The van der Waals surface area contributed by atoms with Gasteiger partial charge in [0, 0.05) is 26.2 Å². The van der Waals surface area contributed by atoms with Gasteiger partial charge in [0.05, 0.1) is 0 Å². The van der Waals surface area contributed by atoms with Gasteiger partial charge in [-0.25, -0.2) is 13.9 Å². The van der Waals surface area contributed by atoms with E-state index >= 15 is 0 Å². The minimum atomic E-state index is -2.99. The van der Waals surface area contributed by atoms with E-state index in [1.807, 2.05) is 67.4 Å². The molecule has 0 radical (unpaired) electrons. The van der Waals surface area contributed by atoms with Crippen LogP contribution < -0.4 is 4.52 Å². The van der Waals surface area contributed by atoms with Gasteiger partial charge < -0.3 is 4.52 Å². The summed E-state index contributed by atoms with van der Waals surface area (Å²) in [6.07, 6.45) is 0. The van der Waals surface area contributed by atoms with Crippen molar-refractivity contribution in [2.45, 2.75) is 27.7 Å². The molecule has 0 spiro atoms. The lowest BCUT2D eigenvalue weighted by molar-refractivity contribution is 0.292. The minimum Gasteiger partial charge on any atom is -0.422 e. The maximum absolute atomic E-state index is 13.3. The first-order valence-electron chi connectivity index (χ1n) is 6.97. The molecule has 0 aliphatic heterocycles. The summed E-state index contributed by atoms with van der Waals surface area (Å²) in [5.41, 5.74) is 0. The van der Waals surface area contributed by atoms with Gasteiger partial charge in [-0.15, -0.1) is 0 Å². The van der Waals surface area contributed by atoms with Gasteiger partial charge in [-0.05, 0) is 12.1 Å².